The first-order valence-corrected chi connectivity index (χ1v) is 10.7. The highest BCUT2D eigenvalue weighted by Gasteiger charge is 2.09. The molecule has 1 atom stereocenters. The summed E-state index contributed by atoms with van der Waals surface area (Å²) < 4.78 is 5.76. The first-order valence-electron chi connectivity index (χ1n) is 10.7. The number of nitrogens with one attached hydrogen (secondary N) is 3. The van der Waals surface area contributed by atoms with Gasteiger partial charge in [-0.3, -0.25) is 9.59 Å². The molecule has 0 radical (unpaired) electrons. The first-order chi connectivity index (χ1) is 15.5. The number of carbonyl (C=O) groups is 2. The molecule has 0 spiro atoms. The van der Waals surface area contributed by atoms with Crippen molar-refractivity contribution in [3.8, 4) is 5.75 Å². The van der Waals surface area contributed by atoms with E-state index in [1.54, 1.807) is 24.3 Å². The molecule has 0 fully saturated rings. The maximum Gasteiger partial charge on any atom is 0.251 e. The third kappa shape index (κ3) is 7.16. The monoisotopic (exact) mass is 431 g/mol. The summed E-state index contributed by atoms with van der Waals surface area (Å²) in [5.74, 6) is 0.476. The summed E-state index contributed by atoms with van der Waals surface area (Å²) in [5.41, 5.74) is 3.15. The van der Waals surface area contributed by atoms with E-state index in [0.29, 0.717) is 17.9 Å². The Hall–Kier alpha value is -3.80. The average Bonchev–Trinajstić information content (AvgIpc) is 2.83. The molecule has 0 aliphatic carbocycles. The van der Waals surface area contributed by atoms with Crippen molar-refractivity contribution in [3.05, 3.63) is 90.0 Å². The third-order valence-electron chi connectivity index (χ3n) is 4.98. The van der Waals surface area contributed by atoms with Gasteiger partial charge in [-0.15, -0.1) is 0 Å². The summed E-state index contributed by atoms with van der Waals surface area (Å²) in [5, 5.41) is 8.84. The Balaban J connectivity index is 1.43. The van der Waals surface area contributed by atoms with Crippen molar-refractivity contribution in [2.45, 2.75) is 32.9 Å². The van der Waals surface area contributed by atoms with Crippen LogP contribution in [0.5, 0.6) is 5.75 Å². The number of hydrogen-bond donors (Lipinski definition) is 3. The second-order valence-electron chi connectivity index (χ2n) is 7.56. The number of ether oxygens (including phenoxy) is 1. The predicted molar refractivity (Wildman–Crippen MR) is 128 cm³/mol. The standard InChI is InChI=1S/C26H29N3O3/c1-3-19(2)28-26(31)21-9-11-22(12-10-21)27-17-25(30)29-23-13-15-24(16-14-23)32-18-20-7-5-4-6-8-20/h4-16,19,27H,3,17-18H2,1-2H3,(H,28,31)(H,29,30). The molecule has 0 aliphatic heterocycles. The number of amides is 2. The Bertz CT molecular complexity index is 1000. The van der Waals surface area contributed by atoms with Gasteiger partial charge in [-0.2, -0.15) is 0 Å². The van der Waals surface area contributed by atoms with Gasteiger partial charge in [0, 0.05) is 23.0 Å². The van der Waals surface area contributed by atoms with Gasteiger partial charge < -0.3 is 20.7 Å². The molecule has 32 heavy (non-hydrogen) atoms. The van der Waals surface area contributed by atoms with E-state index in [0.717, 1.165) is 23.4 Å². The van der Waals surface area contributed by atoms with E-state index in [1.807, 2.05) is 68.4 Å². The van der Waals surface area contributed by atoms with Gasteiger partial charge in [-0.05, 0) is 67.4 Å². The SMILES string of the molecule is CCC(C)NC(=O)c1ccc(NCC(=O)Nc2ccc(OCc3ccccc3)cc2)cc1. The maximum absolute atomic E-state index is 12.2. The van der Waals surface area contributed by atoms with Crippen LogP contribution < -0.4 is 20.7 Å². The molecule has 0 saturated carbocycles. The van der Waals surface area contributed by atoms with Crippen LogP contribution >= 0.6 is 0 Å². The Morgan fingerprint density at radius 3 is 2.19 bits per heavy atom. The molecular weight excluding hydrogens is 402 g/mol. The van der Waals surface area contributed by atoms with Gasteiger partial charge in [-0.1, -0.05) is 37.3 Å². The molecule has 0 aromatic heterocycles. The van der Waals surface area contributed by atoms with Gasteiger partial charge in [0.2, 0.25) is 5.91 Å². The fraction of sp³-hybridized carbons (Fsp3) is 0.231. The summed E-state index contributed by atoms with van der Waals surface area (Å²) >= 11 is 0. The first kappa shape index (κ1) is 22.9. The quantitative estimate of drug-likeness (QED) is 0.429. The minimum atomic E-state index is -0.165. The van der Waals surface area contributed by atoms with E-state index in [-0.39, 0.29) is 24.4 Å². The Morgan fingerprint density at radius 2 is 1.53 bits per heavy atom. The van der Waals surface area contributed by atoms with Gasteiger partial charge in [-0.25, -0.2) is 0 Å². The van der Waals surface area contributed by atoms with Crippen LogP contribution in [-0.2, 0) is 11.4 Å². The van der Waals surface area contributed by atoms with Crippen molar-refractivity contribution < 1.29 is 14.3 Å². The van der Waals surface area contributed by atoms with E-state index < -0.39 is 0 Å². The van der Waals surface area contributed by atoms with Crippen molar-refractivity contribution in [1.82, 2.24) is 5.32 Å². The topological polar surface area (TPSA) is 79.5 Å². The summed E-state index contributed by atoms with van der Waals surface area (Å²) in [6.07, 6.45) is 0.879. The molecule has 2 amide bonds. The van der Waals surface area contributed by atoms with E-state index in [1.165, 1.54) is 0 Å². The molecule has 3 aromatic rings. The lowest BCUT2D eigenvalue weighted by Gasteiger charge is -2.12. The molecule has 6 heteroatoms. The van der Waals surface area contributed by atoms with Crippen molar-refractivity contribution in [1.29, 1.82) is 0 Å². The van der Waals surface area contributed by atoms with Crippen molar-refractivity contribution in [3.63, 3.8) is 0 Å². The van der Waals surface area contributed by atoms with E-state index >= 15 is 0 Å². The number of benzene rings is 3. The summed E-state index contributed by atoms with van der Waals surface area (Å²) in [4.78, 5) is 24.4. The molecule has 1 unspecified atom stereocenters. The second-order valence-corrected chi connectivity index (χ2v) is 7.56. The molecule has 0 aliphatic rings. The average molecular weight is 432 g/mol. The highest BCUT2D eigenvalue weighted by atomic mass is 16.5. The smallest absolute Gasteiger partial charge is 0.251 e. The maximum atomic E-state index is 12.2. The van der Waals surface area contributed by atoms with Gasteiger partial charge >= 0.3 is 0 Å². The van der Waals surface area contributed by atoms with Crippen LogP contribution in [0.3, 0.4) is 0 Å². The largest absolute Gasteiger partial charge is 0.489 e. The van der Waals surface area contributed by atoms with Crippen LogP contribution in [0.1, 0.15) is 36.2 Å². The molecule has 3 N–H and O–H groups in total. The molecule has 3 rings (SSSR count). The van der Waals surface area contributed by atoms with Crippen molar-refractivity contribution in [2.75, 3.05) is 17.2 Å². The summed E-state index contributed by atoms with van der Waals surface area (Å²) in [6.45, 7) is 4.61. The Morgan fingerprint density at radius 1 is 0.875 bits per heavy atom. The molecule has 3 aromatic carbocycles. The Kier molecular flexibility index (Phi) is 8.26. The van der Waals surface area contributed by atoms with Gasteiger partial charge in [0.25, 0.3) is 5.91 Å². The van der Waals surface area contributed by atoms with Crippen molar-refractivity contribution >= 4 is 23.2 Å². The normalized spacial score (nSPS) is 11.3. The number of anilines is 2. The second kappa shape index (κ2) is 11.6. The van der Waals surface area contributed by atoms with Crippen LogP contribution in [0.15, 0.2) is 78.9 Å². The molecule has 0 bridgehead atoms. The lowest BCUT2D eigenvalue weighted by atomic mass is 10.1. The van der Waals surface area contributed by atoms with E-state index in [2.05, 4.69) is 16.0 Å². The van der Waals surface area contributed by atoms with Crippen LogP contribution in [0.25, 0.3) is 0 Å². The van der Waals surface area contributed by atoms with Gasteiger partial charge in [0.15, 0.2) is 0 Å². The molecule has 6 nitrogen and oxygen atoms in total. The fourth-order valence-electron chi connectivity index (χ4n) is 2.91. The molecule has 0 heterocycles. The lowest BCUT2D eigenvalue weighted by molar-refractivity contribution is -0.114. The summed E-state index contributed by atoms with van der Waals surface area (Å²) in [6, 6.07) is 24.4. The summed E-state index contributed by atoms with van der Waals surface area (Å²) in [7, 11) is 0. The Labute approximate surface area is 189 Å². The highest BCUT2D eigenvalue weighted by molar-refractivity contribution is 5.95. The van der Waals surface area contributed by atoms with Crippen molar-refractivity contribution in [2.24, 2.45) is 0 Å². The minimum Gasteiger partial charge on any atom is -0.489 e. The highest BCUT2D eigenvalue weighted by Crippen LogP contribution is 2.17. The van der Waals surface area contributed by atoms with Gasteiger partial charge in [0.1, 0.15) is 12.4 Å². The number of rotatable bonds is 10. The molecule has 0 saturated heterocycles. The van der Waals surface area contributed by atoms with E-state index in [4.69, 9.17) is 4.74 Å². The predicted octanol–water partition coefficient (Wildman–Crippen LogP) is 4.84. The zero-order valence-corrected chi connectivity index (χ0v) is 18.4. The molecule has 166 valence electrons. The third-order valence-corrected chi connectivity index (χ3v) is 4.98. The van der Waals surface area contributed by atoms with Gasteiger partial charge in [0.05, 0.1) is 6.54 Å². The zero-order valence-electron chi connectivity index (χ0n) is 18.4. The fourth-order valence-corrected chi connectivity index (χ4v) is 2.91. The van der Waals surface area contributed by atoms with E-state index in [9.17, 15) is 9.59 Å². The number of carbonyl (C=O) groups excluding carboxylic acids is 2. The lowest BCUT2D eigenvalue weighted by Crippen LogP contribution is -2.31. The van der Waals surface area contributed by atoms with Crippen LogP contribution in [0.2, 0.25) is 0 Å². The van der Waals surface area contributed by atoms with Crippen LogP contribution in [0.4, 0.5) is 11.4 Å². The number of hydrogen-bond acceptors (Lipinski definition) is 4. The van der Waals surface area contributed by atoms with Crippen LogP contribution in [0, 0.1) is 0 Å². The zero-order chi connectivity index (χ0) is 22.8. The minimum absolute atomic E-state index is 0.0974. The molecular formula is C26H29N3O3. The van der Waals surface area contributed by atoms with Crippen LogP contribution in [-0.4, -0.2) is 24.4 Å².